The van der Waals surface area contributed by atoms with Gasteiger partial charge in [0, 0.05) is 11.6 Å². The Labute approximate surface area is 247 Å². The molecule has 0 spiro atoms. The van der Waals surface area contributed by atoms with Gasteiger partial charge in [-0.2, -0.15) is 0 Å². The summed E-state index contributed by atoms with van der Waals surface area (Å²) in [7, 11) is 0. The number of carboxylic acid groups (broad SMARTS) is 2. The Kier molecular flexibility index (Phi) is 11.3. The van der Waals surface area contributed by atoms with E-state index in [0.717, 1.165) is 29.9 Å². The second-order valence-electron chi connectivity index (χ2n) is 11.5. The van der Waals surface area contributed by atoms with Crippen molar-refractivity contribution in [2.75, 3.05) is 6.61 Å². The summed E-state index contributed by atoms with van der Waals surface area (Å²) in [6, 6.07) is 16.1. The Bertz CT molecular complexity index is 1180. The van der Waals surface area contributed by atoms with E-state index in [1.54, 1.807) is 12.1 Å². The molecule has 3 atom stereocenters. The molecule has 0 bridgehead atoms. The first-order valence-electron chi connectivity index (χ1n) is 15.0. The van der Waals surface area contributed by atoms with Gasteiger partial charge < -0.3 is 24.4 Å². The molecule has 2 aromatic carbocycles. The summed E-state index contributed by atoms with van der Waals surface area (Å²) in [4.78, 5) is 33.7. The lowest BCUT2D eigenvalue weighted by molar-refractivity contribution is -0.156. The van der Waals surface area contributed by atoms with E-state index in [-0.39, 0.29) is 5.97 Å². The summed E-state index contributed by atoms with van der Waals surface area (Å²) >= 11 is 0. The van der Waals surface area contributed by atoms with Gasteiger partial charge >= 0.3 is 17.9 Å². The first kappa shape index (κ1) is 31.4. The van der Waals surface area contributed by atoms with Gasteiger partial charge in [-0.3, -0.25) is 0 Å². The maximum atomic E-state index is 11.3. The maximum Gasteiger partial charge on any atom is 0.336 e. The predicted octanol–water partition coefficient (Wildman–Crippen LogP) is 6.90. The second-order valence-corrected chi connectivity index (χ2v) is 11.5. The fourth-order valence-electron chi connectivity index (χ4n) is 6.15. The number of aliphatic carboxylic acids is 2. The van der Waals surface area contributed by atoms with Crippen molar-refractivity contribution in [3.63, 3.8) is 0 Å². The van der Waals surface area contributed by atoms with Crippen LogP contribution >= 0.6 is 0 Å². The van der Waals surface area contributed by atoms with E-state index in [2.05, 4.69) is 37.8 Å². The van der Waals surface area contributed by atoms with Crippen molar-refractivity contribution in [1.29, 1.82) is 0 Å². The highest BCUT2D eigenvalue weighted by atomic mass is 16.7. The van der Waals surface area contributed by atoms with Gasteiger partial charge in [-0.15, -0.1) is 0 Å². The Morgan fingerprint density at radius 3 is 1.95 bits per heavy atom. The van der Waals surface area contributed by atoms with E-state index >= 15 is 0 Å². The van der Waals surface area contributed by atoms with Gasteiger partial charge in [-0.1, -0.05) is 101 Å². The number of unbranched alkanes of at least 4 members (excludes halogenated alkanes) is 3. The smallest absolute Gasteiger partial charge is 0.336 e. The minimum atomic E-state index is -1.55. The van der Waals surface area contributed by atoms with E-state index in [1.807, 2.05) is 12.1 Å². The van der Waals surface area contributed by atoms with Gasteiger partial charge in [-0.25, -0.2) is 14.4 Å². The molecule has 1 aliphatic heterocycles. The fourth-order valence-corrected chi connectivity index (χ4v) is 6.15. The van der Waals surface area contributed by atoms with Gasteiger partial charge in [-0.05, 0) is 53.7 Å². The van der Waals surface area contributed by atoms with E-state index in [4.69, 9.17) is 14.2 Å². The Morgan fingerprint density at radius 1 is 0.857 bits per heavy atom. The molecule has 1 aliphatic carbocycles. The number of rotatable bonds is 14. The van der Waals surface area contributed by atoms with Crippen LogP contribution in [0.3, 0.4) is 0 Å². The summed E-state index contributed by atoms with van der Waals surface area (Å²) < 4.78 is 15.8. The molecule has 4 rings (SSSR count). The third kappa shape index (κ3) is 8.29. The minimum absolute atomic E-state index is 0.340. The van der Waals surface area contributed by atoms with E-state index < -0.39 is 30.4 Å². The summed E-state index contributed by atoms with van der Waals surface area (Å²) in [5, 5.41) is 18.5. The van der Waals surface area contributed by atoms with Crippen LogP contribution in [-0.4, -0.2) is 46.9 Å². The molecule has 1 heterocycles. The van der Waals surface area contributed by atoms with Crippen LogP contribution in [0.4, 0.5) is 0 Å². The number of carbonyl (C=O) groups excluding carboxylic acids is 1. The van der Waals surface area contributed by atoms with Gasteiger partial charge in [0.1, 0.15) is 0 Å². The van der Waals surface area contributed by atoms with Crippen LogP contribution in [0.5, 0.6) is 0 Å². The van der Waals surface area contributed by atoms with Gasteiger partial charge in [0.15, 0.2) is 18.5 Å². The van der Waals surface area contributed by atoms with E-state index in [1.165, 1.54) is 56.6 Å². The van der Waals surface area contributed by atoms with Crippen LogP contribution in [0.15, 0.2) is 61.2 Å². The number of hydrogen-bond acceptors (Lipinski definition) is 6. The minimum Gasteiger partial charge on any atom is -0.479 e. The highest BCUT2D eigenvalue weighted by molar-refractivity contribution is 5.84. The normalized spacial score (nSPS) is 24.5. The Morgan fingerprint density at radius 2 is 1.40 bits per heavy atom. The van der Waals surface area contributed by atoms with Gasteiger partial charge in [0.25, 0.3) is 0 Å². The molecular formula is C34H42O8. The lowest BCUT2D eigenvalue weighted by atomic mass is 9.73. The van der Waals surface area contributed by atoms with Crippen molar-refractivity contribution in [3.05, 3.63) is 72.3 Å². The lowest BCUT2D eigenvalue weighted by Crippen LogP contribution is -2.36. The number of carbonyl (C=O) groups is 3. The van der Waals surface area contributed by atoms with Crippen LogP contribution in [0.1, 0.15) is 88.0 Å². The summed E-state index contributed by atoms with van der Waals surface area (Å²) in [5.41, 5.74) is 3.99. The quantitative estimate of drug-likeness (QED) is 0.141. The van der Waals surface area contributed by atoms with Crippen LogP contribution in [0.25, 0.3) is 11.1 Å². The molecule has 0 radical (unpaired) electrons. The average molecular weight is 579 g/mol. The van der Waals surface area contributed by atoms with Crippen molar-refractivity contribution in [2.45, 2.75) is 89.1 Å². The van der Waals surface area contributed by atoms with Crippen LogP contribution in [-0.2, 0) is 28.6 Å². The molecule has 0 aromatic heterocycles. The number of hydrogen-bond donors (Lipinski definition) is 2. The largest absolute Gasteiger partial charge is 0.479 e. The number of benzene rings is 2. The van der Waals surface area contributed by atoms with Crippen molar-refractivity contribution in [2.24, 2.45) is 11.8 Å². The molecule has 2 fully saturated rings. The standard InChI is InChI=1S/C34H42O8/c1-3-29(35)40-21-7-5-4-6-8-23-9-11-24(12-10-23)22(2)25-13-15-26(16-14-25)27-17-19-28(20-18-27)34-41-30(32(36)37)31(42-34)33(38)39/h3,13-20,22-24,30-31,34H,1,4-12,21H2,2H3,(H,36,37)(H,38,39). The molecular weight excluding hydrogens is 536 g/mol. The highest BCUT2D eigenvalue weighted by Crippen LogP contribution is 2.40. The molecule has 2 aliphatic rings. The molecule has 2 aromatic rings. The molecule has 8 heteroatoms. The Balaban J connectivity index is 1.21. The number of esters is 1. The molecule has 226 valence electrons. The van der Waals surface area contributed by atoms with Gasteiger partial charge in [0.2, 0.25) is 0 Å². The summed E-state index contributed by atoms with van der Waals surface area (Å²) in [5.74, 6) is -1.05. The van der Waals surface area contributed by atoms with Crippen molar-refractivity contribution in [1.82, 2.24) is 0 Å². The predicted molar refractivity (Wildman–Crippen MR) is 158 cm³/mol. The zero-order chi connectivity index (χ0) is 30.1. The first-order chi connectivity index (χ1) is 20.3. The monoisotopic (exact) mass is 578 g/mol. The molecule has 1 saturated heterocycles. The molecule has 3 unspecified atom stereocenters. The van der Waals surface area contributed by atoms with Crippen molar-refractivity contribution >= 4 is 17.9 Å². The third-order valence-corrected chi connectivity index (χ3v) is 8.77. The first-order valence-corrected chi connectivity index (χ1v) is 15.0. The molecule has 8 nitrogen and oxygen atoms in total. The zero-order valence-corrected chi connectivity index (χ0v) is 24.3. The second kappa shape index (κ2) is 15.1. The Hall–Kier alpha value is -3.49. The number of carboxylic acids is 2. The molecule has 1 saturated carbocycles. The van der Waals surface area contributed by atoms with Crippen LogP contribution in [0, 0.1) is 11.8 Å². The fraction of sp³-hybridized carbons (Fsp3) is 0.500. The van der Waals surface area contributed by atoms with Crippen molar-refractivity contribution < 1.29 is 38.8 Å². The molecule has 2 N–H and O–H groups in total. The van der Waals surface area contributed by atoms with Crippen LogP contribution in [0.2, 0.25) is 0 Å². The molecule has 0 amide bonds. The van der Waals surface area contributed by atoms with E-state index in [0.29, 0.717) is 24.0 Å². The summed E-state index contributed by atoms with van der Waals surface area (Å²) in [6.45, 7) is 6.23. The maximum absolute atomic E-state index is 11.3. The number of ether oxygens (including phenoxy) is 3. The average Bonchev–Trinajstić information content (AvgIpc) is 3.47. The van der Waals surface area contributed by atoms with Crippen molar-refractivity contribution in [3.8, 4) is 11.1 Å². The summed E-state index contributed by atoms with van der Waals surface area (Å²) in [6.07, 6.45) is 7.95. The topological polar surface area (TPSA) is 119 Å². The molecule has 42 heavy (non-hydrogen) atoms. The SMILES string of the molecule is C=CC(=O)OCCCCCCC1CCC(C(C)c2ccc(-c3ccc(C4OC(C(=O)O)C(C(=O)O)O4)cc3)cc2)CC1. The highest BCUT2D eigenvalue weighted by Gasteiger charge is 2.46. The third-order valence-electron chi connectivity index (χ3n) is 8.77. The van der Waals surface area contributed by atoms with E-state index in [9.17, 15) is 24.6 Å². The zero-order valence-electron chi connectivity index (χ0n) is 24.3. The van der Waals surface area contributed by atoms with Crippen LogP contribution < -0.4 is 0 Å². The van der Waals surface area contributed by atoms with Gasteiger partial charge in [0.05, 0.1) is 6.61 Å². The lowest BCUT2D eigenvalue weighted by Gasteiger charge is -2.32.